The van der Waals surface area contributed by atoms with Gasteiger partial charge in [-0.2, -0.15) is 4.68 Å². The summed E-state index contributed by atoms with van der Waals surface area (Å²) in [4.78, 5) is 33.3. The number of anilines is 2. The zero-order valence-electron chi connectivity index (χ0n) is 25.4. The van der Waals surface area contributed by atoms with E-state index >= 15 is 0 Å². The summed E-state index contributed by atoms with van der Waals surface area (Å²) < 4.78 is 6.23. The summed E-state index contributed by atoms with van der Waals surface area (Å²) in [5.74, 6) is 0.235. The Bertz CT molecular complexity index is 1910. The van der Waals surface area contributed by atoms with Crippen molar-refractivity contribution < 1.29 is 19.4 Å². The quantitative estimate of drug-likeness (QED) is 0.163. The summed E-state index contributed by atoms with van der Waals surface area (Å²) in [6.07, 6.45) is 7.18. The average molecular weight is 654 g/mol. The van der Waals surface area contributed by atoms with Gasteiger partial charge in [-0.25, -0.2) is 9.78 Å². The molecule has 2 atom stereocenters. The van der Waals surface area contributed by atoms with Crippen molar-refractivity contribution in [1.29, 1.82) is 0 Å². The van der Waals surface area contributed by atoms with E-state index in [4.69, 9.17) is 21.3 Å². The Labute approximate surface area is 275 Å². The molecule has 240 valence electrons. The molecule has 0 saturated carbocycles. The molecule has 1 aliphatic rings. The fraction of sp³-hybridized carbons (Fsp3) is 0.212. The highest BCUT2D eigenvalue weighted by atomic mass is 35.5. The van der Waals surface area contributed by atoms with E-state index in [0.717, 1.165) is 11.1 Å². The Kier molecular flexibility index (Phi) is 9.55. The van der Waals surface area contributed by atoms with Crippen molar-refractivity contribution in [3.8, 4) is 16.9 Å². The Balaban J connectivity index is 1.31. The Morgan fingerprint density at radius 2 is 1.91 bits per heavy atom. The van der Waals surface area contributed by atoms with E-state index in [0.29, 0.717) is 70.4 Å². The number of aromatic nitrogens is 6. The maximum atomic E-state index is 13.4. The third-order valence-electron chi connectivity index (χ3n) is 7.71. The van der Waals surface area contributed by atoms with Gasteiger partial charge in [0, 0.05) is 39.8 Å². The number of aliphatic hydroxyl groups excluding tert-OH is 1. The second-order valence-corrected chi connectivity index (χ2v) is 11.4. The van der Waals surface area contributed by atoms with Gasteiger partial charge in [-0.3, -0.25) is 10.1 Å². The number of aryl methyl sites for hydroxylation is 2. The van der Waals surface area contributed by atoms with Gasteiger partial charge in [-0.1, -0.05) is 35.9 Å². The molecule has 3 aromatic carbocycles. The zero-order chi connectivity index (χ0) is 32.8. The van der Waals surface area contributed by atoms with Crippen molar-refractivity contribution in [3.63, 3.8) is 0 Å². The lowest BCUT2D eigenvalue weighted by Gasteiger charge is -2.18. The first kappa shape index (κ1) is 31.5. The first-order valence-corrected chi connectivity index (χ1v) is 15.3. The van der Waals surface area contributed by atoms with E-state index in [2.05, 4.69) is 42.5 Å². The highest BCUT2D eigenvalue weighted by molar-refractivity contribution is 6.30. The number of tetrazole rings is 1. The third-order valence-corrected chi connectivity index (χ3v) is 7.95. The van der Waals surface area contributed by atoms with Gasteiger partial charge in [-0.05, 0) is 89.7 Å². The smallest absolute Gasteiger partial charge is 0.411 e. The van der Waals surface area contributed by atoms with Gasteiger partial charge < -0.3 is 25.5 Å². The largest absolute Gasteiger partial charge is 0.453 e. The Morgan fingerprint density at radius 3 is 2.70 bits per heavy atom. The molecular weight excluding hydrogens is 622 g/mol. The van der Waals surface area contributed by atoms with E-state index in [9.17, 15) is 14.7 Å². The molecule has 0 saturated heterocycles. The van der Waals surface area contributed by atoms with Crippen molar-refractivity contribution >= 4 is 41.1 Å². The molecule has 47 heavy (non-hydrogen) atoms. The minimum atomic E-state index is -0.867. The van der Waals surface area contributed by atoms with Crippen LogP contribution in [0.5, 0.6) is 0 Å². The van der Waals surface area contributed by atoms with Gasteiger partial charge in [0.15, 0.2) is 0 Å². The lowest BCUT2D eigenvalue weighted by atomic mass is 10.0. The number of methoxy groups -OCH3 is 1. The standard InChI is InChI=1S/C33H32ClN9O4/c1-47-33(46)37-24-9-10-25-27(17-24)39-30(44)13-6-21-4-2-3-20(15-21)5-11-26(32-35-18-28(25)40-32)38-31(45)14-7-22-16-23(34)8-12-29(22)43-19-36-41-42-43/h2-4,7-10,12,14-19,26,30,39,44H,5-6,11,13H2,1H3,(H,35,40)(H,37,46)(H,38,45)/b14-7+/t26-,30?/m0/s1. The minimum absolute atomic E-state index is 0.328. The van der Waals surface area contributed by atoms with Crippen LogP contribution in [0.25, 0.3) is 23.0 Å². The summed E-state index contributed by atoms with van der Waals surface area (Å²) in [6.45, 7) is 0. The number of ether oxygens (including phenoxy) is 1. The normalized spacial score (nSPS) is 16.3. The van der Waals surface area contributed by atoms with Gasteiger partial charge >= 0.3 is 6.09 Å². The molecule has 13 nitrogen and oxygen atoms in total. The summed E-state index contributed by atoms with van der Waals surface area (Å²) in [5, 5.41) is 31.7. The lowest BCUT2D eigenvalue weighted by Crippen LogP contribution is -2.28. The molecule has 5 N–H and O–H groups in total. The average Bonchev–Trinajstić information content (AvgIpc) is 3.78. The van der Waals surface area contributed by atoms with Crippen LogP contribution in [0.3, 0.4) is 0 Å². The molecule has 2 aromatic heterocycles. The highest BCUT2D eigenvalue weighted by Gasteiger charge is 2.21. The summed E-state index contributed by atoms with van der Waals surface area (Å²) in [7, 11) is 1.29. The Hall–Kier alpha value is -5.53. The lowest BCUT2D eigenvalue weighted by molar-refractivity contribution is -0.117. The fourth-order valence-electron chi connectivity index (χ4n) is 5.40. The second-order valence-electron chi connectivity index (χ2n) is 11.0. The summed E-state index contributed by atoms with van der Waals surface area (Å²) >= 11 is 6.25. The van der Waals surface area contributed by atoms with Crippen molar-refractivity contribution in [2.45, 2.75) is 38.0 Å². The molecule has 6 rings (SSSR count). The van der Waals surface area contributed by atoms with E-state index in [1.165, 1.54) is 24.2 Å². The van der Waals surface area contributed by atoms with Gasteiger partial charge in [0.1, 0.15) is 18.4 Å². The number of aliphatic hydroxyl groups is 1. The number of hydrogen-bond acceptors (Lipinski definition) is 9. The first-order chi connectivity index (χ1) is 22.8. The third kappa shape index (κ3) is 7.83. The topological polar surface area (TPSA) is 172 Å². The summed E-state index contributed by atoms with van der Waals surface area (Å²) in [5.41, 5.74) is 5.85. The molecule has 0 aliphatic carbocycles. The number of fused-ring (bicyclic) bond motifs is 6. The van der Waals surface area contributed by atoms with Gasteiger partial charge in [0.2, 0.25) is 5.91 Å². The molecule has 1 unspecified atom stereocenters. The van der Waals surface area contributed by atoms with E-state index < -0.39 is 18.4 Å². The van der Waals surface area contributed by atoms with Gasteiger partial charge in [-0.15, -0.1) is 5.10 Å². The zero-order valence-corrected chi connectivity index (χ0v) is 26.1. The number of nitrogens with zero attached hydrogens (tertiary/aromatic N) is 5. The number of aromatic amines is 1. The number of carbonyl (C=O) groups excluding carboxylic acids is 2. The number of H-pyrrole nitrogens is 1. The maximum Gasteiger partial charge on any atom is 0.411 e. The van der Waals surface area contributed by atoms with Crippen LogP contribution in [0.15, 0.2) is 79.3 Å². The van der Waals surface area contributed by atoms with Crippen LogP contribution in [-0.2, 0) is 22.4 Å². The number of nitrogens with one attached hydrogen (secondary N) is 4. The molecule has 5 aromatic rings. The number of halogens is 1. The van der Waals surface area contributed by atoms with E-state index in [1.54, 1.807) is 48.7 Å². The highest BCUT2D eigenvalue weighted by Crippen LogP contribution is 2.32. The van der Waals surface area contributed by atoms with Gasteiger partial charge in [0.05, 0.1) is 24.5 Å². The molecule has 14 heteroatoms. The predicted molar refractivity (Wildman–Crippen MR) is 177 cm³/mol. The van der Waals surface area contributed by atoms with Crippen LogP contribution >= 0.6 is 11.6 Å². The van der Waals surface area contributed by atoms with Crippen molar-refractivity contribution in [2.75, 3.05) is 17.7 Å². The predicted octanol–water partition coefficient (Wildman–Crippen LogP) is 5.06. The number of carbonyl (C=O) groups is 2. The Morgan fingerprint density at radius 1 is 1.09 bits per heavy atom. The maximum absolute atomic E-state index is 13.4. The molecule has 3 heterocycles. The molecule has 0 radical (unpaired) electrons. The van der Waals surface area contributed by atoms with Crippen LogP contribution in [-0.4, -0.2) is 60.6 Å². The van der Waals surface area contributed by atoms with Gasteiger partial charge in [0.25, 0.3) is 0 Å². The van der Waals surface area contributed by atoms with Crippen molar-refractivity contribution in [1.82, 2.24) is 35.5 Å². The molecular formula is C33H32ClN9O4. The molecule has 0 fully saturated rings. The van der Waals surface area contributed by atoms with Crippen molar-refractivity contribution in [2.24, 2.45) is 0 Å². The van der Waals surface area contributed by atoms with E-state index in [1.807, 2.05) is 18.2 Å². The first-order valence-electron chi connectivity index (χ1n) is 14.9. The van der Waals surface area contributed by atoms with E-state index in [-0.39, 0.29) is 5.91 Å². The van der Waals surface area contributed by atoms with Crippen LogP contribution in [0.1, 0.15) is 41.4 Å². The minimum Gasteiger partial charge on any atom is -0.453 e. The van der Waals surface area contributed by atoms with Crippen LogP contribution in [0.2, 0.25) is 5.02 Å². The van der Waals surface area contributed by atoms with Crippen molar-refractivity contribution in [3.05, 3.63) is 107 Å². The van der Waals surface area contributed by atoms with Crippen LogP contribution < -0.4 is 16.0 Å². The monoisotopic (exact) mass is 653 g/mol. The molecule has 4 bridgehead atoms. The van der Waals surface area contributed by atoms with Crippen LogP contribution in [0.4, 0.5) is 16.2 Å². The second kappa shape index (κ2) is 14.3. The summed E-state index contributed by atoms with van der Waals surface area (Å²) in [6, 6.07) is 18.2. The molecule has 2 amide bonds. The number of hydrogen-bond donors (Lipinski definition) is 5. The SMILES string of the molecule is COC(=O)Nc1ccc2c(c1)NC(O)CCc1cccc(c1)CC[C@H](NC(=O)/C=C/c1cc(Cl)ccc1-n1cnnn1)c1nc-2c[nH]1. The number of benzene rings is 3. The van der Waals surface area contributed by atoms with Crippen LogP contribution in [0, 0.1) is 0 Å². The number of amides is 2. The fourth-order valence-corrected chi connectivity index (χ4v) is 5.58. The number of rotatable bonds is 5. The molecule has 0 spiro atoms. The molecule has 1 aliphatic heterocycles. The number of imidazole rings is 1.